The van der Waals surface area contributed by atoms with Gasteiger partial charge in [-0.05, 0) is 48.9 Å². The molecule has 0 heterocycles. The van der Waals surface area contributed by atoms with Crippen LogP contribution in [0.4, 0.5) is 0 Å². The Bertz CT molecular complexity index is 1020. The van der Waals surface area contributed by atoms with Crippen molar-refractivity contribution in [3.8, 4) is 11.5 Å². The lowest BCUT2D eigenvalue weighted by molar-refractivity contribution is -0.121. The van der Waals surface area contributed by atoms with Crippen LogP contribution in [0.5, 0.6) is 11.5 Å². The summed E-state index contributed by atoms with van der Waals surface area (Å²) in [5.74, 6) is 0.592. The molecule has 0 aromatic heterocycles. The molecule has 0 radical (unpaired) electrons. The number of hydrogen-bond acceptors (Lipinski definition) is 6. The summed E-state index contributed by atoms with van der Waals surface area (Å²) in [4.78, 5) is 12.2. The van der Waals surface area contributed by atoms with Crippen LogP contribution in [-0.4, -0.2) is 52.7 Å². The van der Waals surface area contributed by atoms with E-state index in [4.69, 9.17) is 9.47 Å². The van der Waals surface area contributed by atoms with E-state index in [2.05, 4.69) is 26.5 Å². The number of nitrogens with zero attached hydrogens (tertiary/aromatic N) is 2. The van der Waals surface area contributed by atoms with Crippen LogP contribution in [0.3, 0.4) is 0 Å². The van der Waals surface area contributed by atoms with Gasteiger partial charge in [0, 0.05) is 17.1 Å². The number of nitrogens with one attached hydrogen (secondary N) is 1. The maximum absolute atomic E-state index is 12.7. The van der Waals surface area contributed by atoms with Gasteiger partial charge in [0.2, 0.25) is 10.0 Å². The first-order chi connectivity index (χ1) is 13.7. The molecule has 156 valence electrons. The molecule has 10 heteroatoms. The van der Waals surface area contributed by atoms with Gasteiger partial charge in [0.05, 0.1) is 31.9 Å². The van der Waals surface area contributed by atoms with E-state index in [0.29, 0.717) is 22.6 Å². The molecule has 0 aliphatic carbocycles. The Morgan fingerprint density at radius 1 is 1.17 bits per heavy atom. The van der Waals surface area contributed by atoms with Crippen LogP contribution >= 0.6 is 15.9 Å². The van der Waals surface area contributed by atoms with E-state index >= 15 is 0 Å². The molecule has 0 saturated heterocycles. The highest BCUT2D eigenvalue weighted by atomic mass is 79.9. The third kappa shape index (κ3) is 5.78. The van der Waals surface area contributed by atoms with Crippen LogP contribution in [0.25, 0.3) is 0 Å². The van der Waals surface area contributed by atoms with Gasteiger partial charge >= 0.3 is 0 Å². The Hall–Kier alpha value is -2.43. The Morgan fingerprint density at radius 3 is 2.45 bits per heavy atom. The molecule has 2 aromatic rings. The largest absolute Gasteiger partial charge is 0.496 e. The predicted molar refractivity (Wildman–Crippen MR) is 114 cm³/mol. The average molecular weight is 484 g/mol. The number of carbonyl (C=O) groups excluding carboxylic acids is 1. The Labute approximate surface area is 178 Å². The smallest absolute Gasteiger partial charge is 0.255 e. The fourth-order valence-corrected chi connectivity index (χ4v) is 4.09. The number of likely N-dealkylation sites (N-methyl/N-ethyl adjacent to an activating group) is 1. The first-order valence-corrected chi connectivity index (χ1v) is 10.7. The van der Waals surface area contributed by atoms with E-state index in [1.807, 2.05) is 6.07 Å². The number of aryl methyl sites for hydroxylation is 1. The molecular weight excluding hydrogens is 462 g/mol. The second kappa shape index (κ2) is 9.86. The van der Waals surface area contributed by atoms with Gasteiger partial charge in [0.25, 0.3) is 5.91 Å². The van der Waals surface area contributed by atoms with E-state index in [1.165, 1.54) is 39.6 Å². The summed E-state index contributed by atoms with van der Waals surface area (Å²) in [5.41, 5.74) is 3.65. The van der Waals surface area contributed by atoms with Gasteiger partial charge < -0.3 is 9.47 Å². The summed E-state index contributed by atoms with van der Waals surface area (Å²) in [5, 5.41) is 3.87. The van der Waals surface area contributed by atoms with Crippen molar-refractivity contribution < 1.29 is 22.7 Å². The molecule has 0 unspecified atom stereocenters. The van der Waals surface area contributed by atoms with E-state index in [1.54, 1.807) is 25.1 Å². The topological polar surface area (TPSA) is 97.3 Å². The minimum Gasteiger partial charge on any atom is -0.496 e. The molecule has 1 amide bonds. The van der Waals surface area contributed by atoms with Gasteiger partial charge in [-0.25, -0.2) is 13.8 Å². The van der Waals surface area contributed by atoms with E-state index in [0.717, 1.165) is 8.78 Å². The van der Waals surface area contributed by atoms with Gasteiger partial charge in [-0.15, -0.1) is 0 Å². The van der Waals surface area contributed by atoms with Crippen molar-refractivity contribution in [2.24, 2.45) is 5.10 Å². The maximum Gasteiger partial charge on any atom is 0.255 e. The number of ether oxygens (including phenoxy) is 2. The molecule has 0 bridgehead atoms. The highest BCUT2D eigenvalue weighted by molar-refractivity contribution is 9.10. The molecule has 0 aliphatic heterocycles. The number of carbonyl (C=O) groups is 1. The molecule has 2 rings (SSSR count). The zero-order chi connectivity index (χ0) is 21.6. The van der Waals surface area contributed by atoms with Crippen molar-refractivity contribution in [1.29, 1.82) is 0 Å². The lowest BCUT2D eigenvalue weighted by Crippen LogP contribution is -2.36. The quantitative estimate of drug-likeness (QED) is 0.459. The summed E-state index contributed by atoms with van der Waals surface area (Å²) in [7, 11) is 0.532. The third-order valence-corrected chi connectivity index (χ3v) is 6.32. The molecule has 0 fully saturated rings. The maximum atomic E-state index is 12.7. The van der Waals surface area contributed by atoms with Crippen LogP contribution < -0.4 is 14.9 Å². The minimum atomic E-state index is -3.84. The third-order valence-electron chi connectivity index (χ3n) is 4.03. The van der Waals surface area contributed by atoms with E-state index in [-0.39, 0.29) is 11.4 Å². The van der Waals surface area contributed by atoms with Gasteiger partial charge in [0.1, 0.15) is 11.5 Å². The first kappa shape index (κ1) is 22.9. The number of halogens is 1. The SMILES string of the molecule is COc1ccc(S(=O)(=O)N(C)CC(=O)NN=Cc2cc(Br)ccc2OC)cc1C. The van der Waals surface area contributed by atoms with E-state index < -0.39 is 15.9 Å². The van der Waals surface area contributed by atoms with Gasteiger partial charge in [-0.3, -0.25) is 4.79 Å². The Kier molecular flexibility index (Phi) is 7.77. The van der Waals surface area contributed by atoms with Gasteiger partial charge in [0.15, 0.2) is 0 Å². The van der Waals surface area contributed by atoms with Crippen LogP contribution in [0, 0.1) is 6.92 Å². The molecule has 0 atom stereocenters. The molecule has 2 aromatic carbocycles. The highest BCUT2D eigenvalue weighted by Gasteiger charge is 2.23. The summed E-state index contributed by atoms with van der Waals surface area (Å²) < 4.78 is 37.5. The number of sulfonamides is 1. The van der Waals surface area contributed by atoms with Crippen molar-refractivity contribution in [2.45, 2.75) is 11.8 Å². The first-order valence-electron chi connectivity index (χ1n) is 8.45. The summed E-state index contributed by atoms with van der Waals surface area (Å²) >= 11 is 3.35. The number of hydrogen-bond donors (Lipinski definition) is 1. The number of amides is 1. The van der Waals surface area contributed by atoms with Crippen molar-refractivity contribution in [3.05, 3.63) is 52.0 Å². The zero-order valence-electron chi connectivity index (χ0n) is 16.5. The Balaban J connectivity index is 2.05. The molecule has 8 nitrogen and oxygen atoms in total. The fourth-order valence-electron chi connectivity index (χ4n) is 2.49. The molecule has 0 aliphatic rings. The van der Waals surface area contributed by atoms with Crippen LogP contribution in [0.2, 0.25) is 0 Å². The molecule has 0 spiro atoms. The molecule has 29 heavy (non-hydrogen) atoms. The average Bonchev–Trinajstić information content (AvgIpc) is 2.68. The molecule has 1 N–H and O–H groups in total. The lowest BCUT2D eigenvalue weighted by Gasteiger charge is -2.17. The Morgan fingerprint density at radius 2 is 1.83 bits per heavy atom. The van der Waals surface area contributed by atoms with Crippen LogP contribution in [0.15, 0.2) is 50.9 Å². The fraction of sp³-hybridized carbons (Fsp3) is 0.263. The normalized spacial score (nSPS) is 11.7. The zero-order valence-corrected chi connectivity index (χ0v) is 18.9. The van der Waals surface area contributed by atoms with Gasteiger partial charge in [-0.2, -0.15) is 9.41 Å². The van der Waals surface area contributed by atoms with Crippen molar-refractivity contribution in [1.82, 2.24) is 9.73 Å². The lowest BCUT2D eigenvalue weighted by atomic mass is 10.2. The minimum absolute atomic E-state index is 0.0773. The number of methoxy groups -OCH3 is 2. The summed E-state index contributed by atoms with van der Waals surface area (Å²) in [6, 6.07) is 9.86. The van der Waals surface area contributed by atoms with Crippen LogP contribution in [-0.2, 0) is 14.8 Å². The monoisotopic (exact) mass is 483 g/mol. The highest BCUT2D eigenvalue weighted by Crippen LogP contribution is 2.23. The van der Waals surface area contributed by atoms with Crippen molar-refractivity contribution >= 4 is 38.1 Å². The van der Waals surface area contributed by atoms with E-state index in [9.17, 15) is 13.2 Å². The molecular formula is C19H22BrN3O5S. The second-order valence-corrected chi connectivity index (χ2v) is 9.03. The molecule has 0 saturated carbocycles. The summed E-state index contributed by atoms with van der Waals surface area (Å²) in [6.07, 6.45) is 1.42. The summed E-state index contributed by atoms with van der Waals surface area (Å²) in [6.45, 7) is 1.36. The van der Waals surface area contributed by atoms with Gasteiger partial charge in [-0.1, -0.05) is 15.9 Å². The standard InChI is InChI=1S/C19H22BrN3O5S/c1-13-9-16(6-8-17(13)27-3)29(25,26)23(2)12-19(24)22-21-11-14-10-15(20)5-7-18(14)28-4/h5-11H,12H2,1-4H3,(H,22,24). The number of rotatable bonds is 8. The predicted octanol–water partition coefficient (Wildman–Crippen LogP) is 2.55. The van der Waals surface area contributed by atoms with Crippen LogP contribution in [0.1, 0.15) is 11.1 Å². The number of hydrazone groups is 1. The number of benzene rings is 2. The van der Waals surface area contributed by atoms with Crippen molar-refractivity contribution in [2.75, 3.05) is 27.8 Å². The second-order valence-electron chi connectivity index (χ2n) is 6.07. The van der Waals surface area contributed by atoms with Crippen molar-refractivity contribution in [3.63, 3.8) is 0 Å².